The molecule has 16 heteroatoms. The highest BCUT2D eigenvalue weighted by molar-refractivity contribution is 7.92. The molecule has 1 heterocycles. The number of carbonyl (C=O) groups excluding carboxylic acids is 1. The molecule has 1 fully saturated rings. The fraction of sp³-hybridized carbons (Fsp3) is 0.550. The highest BCUT2D eigenvalue weighted by Gasteiger charge is 2.38. The SMILES string of the molecule is COCCCNC(=O)CN1CCN(c2ccc(NS(C)(=O)=O)c(C(=O)O)c2)CC1.O=C(O)C(F)(F)F. The van der Waals surface area contributed by atoms with Gasteiger partial charge in [0.05, 0.1) is 24.1 Å². The molecular weight excluding hydrogens is 513 g/mol. The number of carboxylic acid groups (broad SMARTS) is 2. The number of piperazine rings is 1. The molecule has 0 unspecified atom stereocenters. The van der Waals surface area contributed by atoms with Crippen LogP contribution in [0.4, 0.5) is 24.5 Å². The van der Waals surface area contributed by atoms with Crippen LogP contribution in [0.2, 0.25) is 0 Å². The number of halogens is 3. The molecule has 0 spiro atoms. The van der Waals surface area contributed by atoms with Crippen LogP contribution in [0.5, 0.6) is 0 Å². The molecule has 0 radical (unpaired) electrons. The average molecular weight is 543 g/mol. The number of aromatic carboxylic acids is 1. The summed E-state index contributed by atoms with van der Waals surface area (Å²) >= 11 is 0. The van der Waals surface area contributed by atoms with Crippen molar-refractivity contribution in [3.05, 3.63) is 23.8 Å². The Morgan fingerprint density at radius 1 is 1.11 bits per heavy atom. The number of sulfonamides is 1. The Bertz CT molecular complexity index is 1010. The molecule has 0 bridgehead atoms. The molecule has 0 aromatic heterocycles. The van der Waals surface area contributed by atoms with Gasteiger partial charge in [-0.25, -0.2) is 18.0 Å². The molecule has 12 nitrogen and oxygen atoms in total. The summed E-state index contributed by atoms with van der Waals surface area (Å²) < 4.78 is 61.8. The summed E-state index contributed by atoms with van der Waals surface area (Å²) in [5.74, 6) is -3.99. The fourth-order valence-corrected chi connectivity index (χ4v) is 3.64. The van der Waals surface area contributed by atoms with E-state index in [0.717, 1.165) is 12.7 Å². The monoisotopic (exact) mass is 542 g/mol. The van der Waals surface area contributed by atoms with Gasteiger partial charge in [-0.1, -0.05) is 0 Å². The van der Waals surface area contributed by atoms with Crippen LogP contribution < -0.4 is 14.9 Å². The van der Waals surface area contributed by atoms with E-state index in [1.807, 2.05) is 9.80 Å². The number of benzene rings is 1. The molecule has 1 aliphatic rings. The molecule has 1 aliphatic heterocycles. The third-order valence-corrected chi connectivity index (χ3v) is 5.31. The lowest BCUT2D eigenvalue weighted by molar-refractivity contribution is -0.192. The van der Waals surface area contributed by atoms with Crippen LogP contribution >= 0.6 is 0 Å². The molecule has 36 heavy (non-hydrogen) atoms. The molecule has 0 aliphatic carbocycles. The van der Waals surface area contributed by atoms with E-state index >= 15 is 0 Å². The number of carbonyl (C=O) groups is 3. The summed E-state index contributed by atoms with van der Waals surface area (Å²) in [5.41, 5.74) is 0.628. The zero-order chi connectivity index (χ0) is 27.5. The molecule has 1 amide bonds. The third-order valence-electron chi connectivity index (χ3n) is 4.72. The lowest BCUT2D eigenvalue weighted by Crippen LogP contribution is -2.49. The van der Waals surface area contributed by atoms with E-state index in [-0.39, 0.29) is 17.2 Å². The van der Waals surface area contributed by atoms with Gasteiger partial charge in [-0.05, 0) is 24.6 Å². The van der Waals surface area contributed by atoms with Crippen LogP contribution in [-0.2, 0) is 24.3 Å². The zero-order valence-electron chi connectivity index (χ0n) is 19.7. The third kappa shape index (κ3) is 11.5. The molecule has 204 valence electrons. The van der Waals surface area contributed by atoms with Crippen molar-refractivity contribution in [2.75, 3.05) is 68.9 Å². The lowest BCUT2D eigenvalue weighted by Gasteiger charge is -2.36. The second-order valence-corrected chi connectivity index (χ2v) is 9.42. The fourth-order valence-electron chi connectivity index (χ4n) is 3.06. The number of hydrogen-bond donors (Lipinski definition) is 4. The molecular formula is C20H29F3N4O8S. The Labute approximate surface area is 206 Å². The Kier molecular flexibility index (Phi) is 11.9. The minimum absolute atomic E-state index is 0.0288. The number of carboxylic acids is 2. The van der Waals surface area contributed by atoms with Gasteiger partial charge in [-0.2, -0.15) is 13.2 Å². The summed E-state index contributed by atoms with van der Waals surface area (Å²) in [6.07, 6.45) is -3.34. The first-order valence-electron chi connectivity index (χ1n) is 10.5. The van der Waals surface area contributed by atoms with Crippen molar-refractivity contribution in [3.63, 3.8) is 0 Å². The predicted molar refractivity (Wildman–Crippen MR) is 124 cm³/mol. The molecule has 1 aromatic carbocycles. The number of hydrogen-bond acceptors (Lipinski definition) is 8. The van der Waals surface area contributed by atoms with E-state index in [2.05, 4.69) is 10.0 Å². The van der Waals surface area contributed by atoms with Crippen LogP contribution in [0.15, 0.2) is 18.2 Å². The highest BCUT2D eigenvalue weighted by atomic mass is 32.2. The van der Waals surface area contributed by atoms with Crippen molar-refractivity contribution in [1.29, 1.82) is 0 Å². The van der Waals surface area contributed by atoms with Gasteiger partial charge in [0.15, 0.2) is 0 Å². The van der Waals surface area contributed by atoms with E-state index in [4.69, 9.17) is 14.6 Å². The molecule has 2 rings (SSSR count). The first-order valence-corrected chi connectivity index (χ1v) is 12.4. The summed E-state index contributed by atoms with van der Waals surface area (Å²) in [6, 6.07) is 4.62. The van der Waals surface area contributed by atoms with Crippen LogP contribution in [0.1, 0.15) is 16.8 Å². The predicted octanol–water partition coefficient (Wildman–Crippen LogP) is 0.664. The maximum absolute atomic E-state index is 12.0. The van der Waals surface area contributed by atoms with Crippen molar-refractivity contribution in [2.45, 2.75) is 12.6 Å². The Morgan fingerprint density at radius 3 is 2.17 bits per heavy atom. The number of nitrogens with zero attached hydrogens (tertiary/aromatic N) is 2. The number of anilines is 2. The van der Waals surface area contributed by atoms with Gasteiger partial charge >= 0.3 is 18.1 Å². The van der Waals surface area contributed by atoms with Gasteiger partial charge in [0, 0.05) is 52.1 Å². The van der Waals surface area contributed by atoms with Crippen LogP contribution in [0.25, 0.3) is 0 Å². The Balaban J connectivity index is 0.000000809. The first-order chi connectivity index (χ1) is 16.6. The van der Waals surface area contributed by atoms with E-state index in [1.165, 1.54) is 12.1 Å². The molecule has 4 N–H and O–H groups in total. The summed E-state index contributed by atoms with van der Waals surface area (Å²) in [7, 11) is -1.96. The van der Waals surface area contributed by atoms with E-state index in [9.17, 15) is 36.3 Å². The minimum atomic E-state index is -5.08. The summed E-state index contributed by atoms with van der Waals surface area (Å²) in [6.45, 7) is 4.10. The molecule has 0 saturated carbocycles. The Hall–Kier alpha value is -3.11. The highest BCUT2D eigenvalue weighted by Crippen LogP contribution is 2.25. The second-order valence-electron chi connectivity index (χ2n) is 7.67. The zero-order valence-corrected chi connectivity index (χ0v) is 20.5. The lowest BCUT2D eigenvalue weighted by atomic mass is 10.1. The quantitative estimate of drug-likeness (QED) is 0.309. The van der Waals surface area contributed by atoms with Crippen molar-refractivity contribution in [1.82, 2.24) is 10.2 Å². The largest absolute Gasteiger partial charge is 0.490 e. The van der Waals surface area contributed by atoms with Crippen molar-refractivity contribution in [2.24, 2.45) is 0 Å². The average Bonchev–Trinajstić information content (AvgIpc) is 2.76. The smallest absolute Gasteiger partial charge is 0.478 e. The number of alkyl halides is 3. The van der Waals surface area contributed by atoms with Crippen LogP contribution in [0, 0.1) is 0 Å². The van der Waals surface area contributed by atoms with E-state index in [1.54, 1.807) is 13.2 Å². The van der Waals surface area contributed by atoms with Gasteiger partial charge < -0.3 is 25.2 Å². The normalized spacial score (nSPS) is 14.4. The number of nitrogens with one attached hydrogen (secondary N) is 2. The maximum atomic E-state index is 12.0. The van der Waals surface area contributed by atoms with Crippen LogP contribution in [0.3, 0.4) is 0 Å². The molecule has 0 atom stereocenters. The van der Waals surface area contributed by atoms with Gasteiger partial charge in [0.25, 0.3) is 0 Å². The minimum Gasteiger partial charge on any atom is -0.478 e. The maximum Gasteiger partial charge on any atom is 0.490 e. The number of ether oxygens (including phenoxy) is 1. The first kappa shape index (κ1) is 30.9. The second kappa shape index (κ2) is 13.8. The molecule has 1 saturated heterocycles. The summed E-state index contributed by atoms with van der Waals surface area (Å²) in [4.78, 5) is 36.5. The topological polar surface area (TPSA) is 166 Å². The number of aliphatic carboxylic acids is 1. The number of methoxy groups -OCH3 is 1. The number of amides is 1. The van der Waals surface area contributed by atoms with Crippen molar-refractivity contribution in [3.8, 4) is 0 Å². The molecule has 1 aromatic rings. The Morgan fingerprint density at radius 2 is 1.69 bits per heavy atom. The van der Waals surface area contributed by atoms with Crippen LogP contribution in [-0.4, -0.2) is 107 Å². The number of rotatable bonds is 10. The van der Waals surface area contributed by atoms with Gasteiger partial charge in [-0.15, -0.1) is 0 Å². The van der Waals surface area contributed by atoms with Crippen molar-refractivity contribution < 1.29 is 50.9 Å². The van der Waals surface area contributed by atoms with Gasteiger partial charge in [-0.3, -0.25) is 14.4 Å². The van der Waals surface area contributed by atoms with Gasteiger partial charge in [0.2, 0.25) is 15.9 Å². The van der Waals surface area contributed by atoms with E-state index in [0.29, 0.717) is 51.6 Å². The summed E-state index contributed by atoms with van der Waals surface area (Å²) in [5, 5.41) is 19.4. The van der Waals surface area contributed by atoms with E-state index < -0.39 is 28.1 Å². The van der Waals surface area contributed by atoms with Crippen molar-refractivity contribution >= 4 is 39.2 Å². The standard InChI is InChI=1S/C18H28N4O6S.C2HF3O2/c1-28-11-3-6-19-17(23)13-21-7-9-22(10-8-21)14-4-5-16(20-29(2,26)27)15(12-14)18(24)25;3-2(4,5)1(6)7/h4-5,12,20H,3,6-11,13H2,1-2H3,(H,19,23)(H,24,25);(H,6,7). The van der Waals surface area contributed by atoms with Gasteiger partial charge in [0.1, 0.15) is 0 Å².